The van der Waals surface area contributed by atoms with Gasteiger partial charge < -0.3 is 4.74 Å². The van der Waals surface area contributed by atoms with E-state index < -0.39 is 0 Å². The van der Waals surface area contributed by atoms with Gasteiger partial charge >= 0.3 is 0 Å². The number of aryl methyl sites for hydroxylation is 2. The van der Waals surface area contributed by atoms with Crippen LogP contribution in [0.3, 0.4) is 0 Å². The number of nitrogens with zero attached hydrogens (tertiary/aromatic N) is 1. The standard InChI is InChI=1S/C16H14BrNO2/c1-11-6-7-16(14(17)8-11)20-9-13-12(2)4-3-5-15(13)18-10-19/h3-8H,9H2,1-2H3. The van der Waals surface area contributed by atoms with Crippen LogP contribution in [-0.4, -0.2) is 6.08 Å². The zero-order valence-corrected chi connectivity index (χ0v) is 12.9. The van der Waals surface area contributed by atoms with Gasteiger partial charge in [-0.3, -0.25) is 0 Å². The van der Waals surface area contributed by atoms with Crippen LogP contribution < -0.4 is 4.74 Å². The SMILES string of the molecule is Cc1ccc(OCc2c(C)cccc2N=C=O)c(Br)c1. The monoisotopic (exact) mass is 331 g/mol. The largest absolute Gasteiger partial charge is 0.488 e. The van der Waals surface area contributed by atoms with E-state index in [4.69, 9.17) is 4.74 Å². The highest BCUT2D eigenvalue weighted by atomic mass is 79.9. The molecule has 0 saturated carbocycles. The molecular formula is C16H14BrNO2. The molecule has 20 heavy (non-hydrogen) atoms. The molecule has 0 atom stereocenters. The predicted molar refractivity (Wildman–Crippen MR) is 82.2 cm³/mol. The van der Waals surface area contributed by atoms with E-state index in [0.717, 1.165) is 26.9 Å². The third-order valence-electron chi connectivity index (χ3n) is 3.01. The fraction of sp³-hybridized carbons (Fsp3) is 0.188. The lowest BCUT2D eigenvalue weighted by molar-refractivity contribution is 0.304. The van der Waals surface area contributed by atoms with Crippen LogP contribution in [0.1, 0.15) is 16.7 Å². The van der Waals surface area contributed by atoms with Crippen LogP contribution in [0.4, 0.5) is 5.69 Å². The van der Waals surface area contributed by atoms with E-state index >= 15 is 0 Å². The number of halogens is 1. The summed E-state index contributed by atoms with van der Waals surface area (Å²) in [5.41, 5.74) is 3.68. The first-order valence-corrected chi connectivity index (χ1v) is 6.96. The first-order chi connectivity index (χ1) is 9.61. The minimum Gasteiger partial charge on any atom is -0.488 e. The molecule has 0 saturated heterocycles. The van der Waals surface area contributed by atoms with Crippen molar-refractivity contribution in [1.29, 1.82) is 0 Å². The van der Waals surface area contributed by atoms with Crippen LogP contribution in [0.2, 0.25) is 0 Å². The second-order valence-corrected chi connectivity index (χ2v) is 5.35. The summed E-state index contributed by atoms with van der Waals surface area (Å²) in [6, 6.07) is 11.5. The molecule has 0 heterocycles. The maximum atomic E-state index is 10.5. The fourth-order valence-electron chi connectivity index (χ4n) is 1.90. The molecule has 0 spiro atoms. The maximum Gasteiger partial charge on any atom is 0.240 e. The number of carbonyl (C=O) groups excluding carboxylic acids is 1. The lowest BCUT2D eigenvalue weighted by Crippen LogP contribution is -1.99. The van der Waals surface area contributed by atoms with E-state index in [-0.39, 0.29) is 0 Å². The van der Waals surface area contributed by atoms with E-state index in [9.17, 15) is 4.79 Å². The quantitative estimate of drug-likeness (QED) is 0.606. The first-order valence-electron chi connectivity index (χ1n) is 6.17. The van der Waals surface area contributed by atoms with Gasteiger partial charge in [-0.1, -0.05) is 18.2 Å². The van der Waals surface area contributed by atoms with Crippen LogP contribution >= 0.6 is 15.9 Å². The number of isocyanates is 1. The number of hydrogen-bond acceptors (Lipinski definition) is 3. The van der Waals surface area contributed by atoms with Crippen LogP contribution in [0.5, 0.6) is 5.75 Å². The van der Waals surface area contributed by atoms with Crippen molar-refractivity contribution in [2.75, 3.05) is 0 Å². The average Bonchev–Trinajstić information content (AvgIpc) is 2.40. The van der Waals surface area contributed by atoms with Gasteiger partial charge in [-0.25, -0.2) is 4.79 Å². The fourth-order valence-corrected chi connectivity index (χ4v) is 2.51. The summed E-state index contributed by atoms with van der Waals surface area (Å²) >= 11 is 3.48. The predicted octanol–water partition coefficient (Wildman–Crippen LogP) is 4.61. The average molecular weight is 332 g/mol. The summed E-state index contributed by atoms with van der Waals surface area (Å²) < 4.78 is 6.72. The van der Waals surface area contributed by atoms with Gasteiger partial charge in [-0.2, -0.15) is 4.99 Å². The first kappa shape index (κ1) is 14.5. The molecule has 4 heteroatoms. The van der Waals surface area contributed by atoms with Crippen LogP contribution in [0, 0.1) is 13.8 Å². The summed E-state index contributed by atoms with van der Waals surface area (Å²) in [5, 5.41) is 0. The van der Waals surface area contributed by atoms with Crippen LogP contribution in [0.15, 0.2) is 45.9 Å². The molecule has 0 amide bonds. The zero-order chi connectivity index (χ0) is 14.5. The second-order valence-electron chi connectivity index (χ2n) is 4.50. The van der Waals surface area contributed by atoms with Gasteiger partial charge in [0.2, 0.25) is 6.08 Å². The Labute approximate surface area is 126 Å². The van der Waals surface area contributed by atoms with E-state index in [1.165, 1.54) is 0 Å². The normalized spacial score (nSPS) is 9.95. The van der Waals surface area contributed by atoms with Crippen LogP contribution in [0.25, 0.3) is 0 Å². The third kappa shape index (κ3) is 3.35. The number of aliphatic imine (C=N–C) groups is 1. The molecule has 0 aliphatic heterocycles. The summed E-state index contributed by atoms with van der Waals surface area (Å²) in [4.78, 5) is 14.2. The topological polar surface area (TPSA) is 38.7 Å². The Morgan fingerprint density at radius 3 is 2.75 bits per heavy atom. The Morgan fingerprint density at radius 2 is 2.05 bits per heavy atom. The Kier molecular flexibility index (Phi) is 4.72. The third-order valence-corrected chi connectivity index (χ3v) is 3.63. The summed E-state index contributed by atoms with van der Waals surface area (Å²) in [6.45, 7) is 4.34. The Morgan fingerprint density at radius 1 is 1.25 bits per heavy atom. The van der Waals surface area contributed by atoms with E-state index in [0.29, 0.717) is 12.3 Å². The molecule has 102 valence electrons. The molecule has 0 aromatic heterocycles. The maximum absolute atomic E-state index is 10.5. The smallest absolute Gasteiger partial charge is 0.240 e. The minimum atomic E-state index is 0.356. The Bertz CT molecular complexity index is 676. The molecule has 2 rings (SSSR count). The van der Waals surface area contributed by atoms with E-state index in [2.05, 4.69) is 20.9 Å². The molecule has 2 aromatic carbocycles. The van der Waals surface area contributed by atoms with Crippen molar-refractivity contribution in [3.63, 3.8) is 0 Å². The summed E-state index contributed by atoms with van der Waals surface area (Å²) in [5.74, 6) is 0.764. The highest BCUT2D eigenvalue weighted by Crippen LogP contribution is 2.29. The summed E-state index contributed by atoms with van der Waals surface area (Å²) in [7, 11) is 0. The molecule has 0 bridgehead atoms. The minimum absolute atomic E-state index is 0.356. The lowest BCUT2D eigenvalue weighted by atomic mass is 10.1. The Hall–Kier alpha value is -1.90. The molecule has 0 N–H and O–H groups in total. The number of hydrogen-bond donors (Lipinski definition) is 0. The Balaban J connectivity index is 2.24. The van der Waals surface area contributed by atoms with Crippen molar-refractivity contribution in [2.45, 2.75) is 20.5 Å². The molecular weight excluding hydrogens is 318 g/mol. The molecule has 0 unspecified atom stereocenters. The number of benzene rings is 2. The van der Waals surface area contributed by atoms with Gasteiger partial charge in [0.1, 0.15) is 12.4 Å². The molecule has 0 fully saturated rings. The molecule has 0 radical (unpaired) electrons. The van der Waals surface area contributed by atoms with Crippen molar-refractivity contribution >= 4 is 27.7 Å². The van der Waals surface area contributed by atoms with Gasteiger partial charge in [-0.05, 0) is 59.1 Å². The molecule has 2 aromatic rings. The van der Waals surface area contributed by atoms with Gasteiger partial charge in [0.25, 0.3) is 0 Å². The second kappa shape index (κ2) is 6.51. The van der Waals surface area contributed by atoms with Crippen molar-refractivity contribution in [1.82, 2.24) is 0 Å². The molecule has 0 aliphatic carbocycles. The molecule has 0 aliphatic rings. The van der Waals surface area contributed by atoms with E-state index in [1.807, 2.05) is 44.2 Å². The highest BCUT2D eigenvalue weighted by molar-refractivity contribution is 9.10. The van der Waals surface area contributed by atoms with Gasteiger partial charge in [0, 0.05) is 5.56 Å². The van der Waals surface area contributed by atoms with Crippen molar-refractivity contribution in [3.05, 3.63) is 57.6 Å². The zero-order valence-electron chi connectivity index (χ0n) is 11.3. The van der Waals surface area contributed by atoms with Crippen molar-refractivity contribution in [3.8, 4) is 5.75 Å². The number of rotatable bonds is 4. The lowest BCUT2D eigenvalue weighted by Gasteiger charge is -2.12. The highest BCUT2D eigenvalue weighted by Gasteiger charge is 2.08. The summed E-state index contributed by atoms with van der Waals surface area (Å²) in [6.07, 6.45) is 1.58. The molecule has 3 nitrogen and oxygen atoms in total. The van der Waals surface area contributed by atoms with Crippen molar-refractivity contribution in [2.24, 2.45) is 4.99 Å². The van der Waals surface area contributed by atoms with E-state index in [1.54, 1.807) is 12.1 Å². The number of ether oxygens (including phenoxy) is 1. The van der Waals surface area contributed by atoms with Gasteiger partial charge in [0.15, 0.2) is 0 Å². The van der Waals surface area contributed by atoms with Crippen LogP contribution in [-0.2, 0) is 11.4 Å². The van der Waals surface area contributed by atoms with Gasteiger partial charge in [-0.15, -0.1) is 0 Å². The van der Waals surface area contributed by atoms with Crippen molar-refractivity contribution < 1.29 is 9.53 Å². The van der Waals surface area contributed by atoms with Gasteiger partial charge in [0.05, 0.1) is 10.2 Å².